The van der Waals surface area contributed by atoms with Crippen molar-refractivity contribution in [2.45, 2.75) is 0 Å². The molecular weight excluding hydrogens is 389 g/mol. The molecule has 0 saturated carbocycles. The molecule has 142 valence electrons. The molecule has 31 heavy (non-hydrogen) atoms. The Bertz CT molecular complexity index is 1460. The lowest BCUT2D eigenvalue weighted by Gasteiger charge is -2.11. The molecule has 0 aliphatic heterocycles. The molecule has 3 aromatic rings. The predicted molar refractivity (Wildman–Crippen MR) is 112 cm³/mol. The molecule has 5 nitrogen and oxygen atoms in total. The summed E-state index contributed by atoms with van der Waals surface area (Å²) >= 11 is 0. The van der Waals surface area contributed by atoms with Gasteiger partial charge in [-0.3, -0.25) is 9.97 Å². The summed E-state index contributed by atoms with van der Waals surface area (Å²) in [6, 6.07) is 17.4. The molecule has 0 N–H and O–H groups in total. The summed E-state index contributed by atoms with van der Waals surface area (Å²) in [4.78, 5) is 8.96. The Hall–Kier alpha value is -4.86. The summed E-state index contributed by atoms with van der Waals surface area (Å²) in [5.41, 5.74) is 5.81. The molecule has 6 heteroatoms. The number of allylic oxidation sites excluding steroid dienone is 5. The number of hydrogen-bond acceptors (Lipinski definition) is 5. The van der Waals surface area contributed by atoms with Gasteiger partial charge in [0, 0.05) is 51.9 Å². The highest BCUT2D eigenvalue weighted by molar-refractivity contribution is 6.19. The van der Waals surface area contributed by atoms with E-state index in [0.717, 1.165) is 11.1 Å². The Morgan fingerprint density at radius 2 is 1.45 bits per heavy atom. The monoisotopic (exact) mass is 399 g/mol. The molecule has 0 unspecified atom stereocenters. The van der Waals surface area contributed by atoms with Gasteiger partial charge in [-0.1, -0.05) is 18.2 Å². The highest BCUT2D eigenvalue weighted by Gasteiger charge is 2.37. The van der Waals surface area contributed by atoms with Gasteiger partial charge in [-0.15, -0.1) is 0 Å². The molecule has 2 heterocycles. The number of hydrogen-bond donors (Lipinski definition) is 0. The number of nitrogens with zero attached hydrogens (tertiary/aromatic N) is 5. The van der Waals surface area contributed by atoms with Crippen LogP contribution >= 0.6 is 0 Å². The van der Waals surface area contributed by atoms with Gasteiger partial charge in [0.05, 0.1) is 17.5 Å². The molecule has 5 rings (SSSR count). The molecule has 1 aromatic carbocycles. The third kappa shape index (κ3) is 2.52. The minimum absolute atomic E-state index is 0.154. The fourth-order valence-electron chi connectivity index (χ4n) is 4.24. The van der Waals surface area contributed by atoms with Gasteiger partial charge in [0.25, 0.3) is 0 Å². The van der Waals surface area contributed by atoms with Gasteiger partial charge >= 0.3 is 0 Å². The smallest absolute Gasteiger partial charge is 0.138 e. The normalized spacial score (nSPS) is 14.4. The second-order valence-electron chi connectivity index (χ2n) is 6.90. The molecular formula is C25H10FN5. The van der Waals surface area contributed by atoms with Crippen LogP contribution in [0.15, 0.2) is 72.1 Å². The van der Waals surface area contributed by atoms with Crippen molar-refractivity contribution in [2.75, 3.05) is 0 Å². The van der Waals surface area contributed by atoms with Crippen LogP contribution in [-0.2, 0) is 0 Å². The zero-order valence-electron chi connectivity index (χ0n) is 15.9. The van der Waals surface area contributed by atoms with E-state index in [2.05, 4.69) is 16.0 Å². The van der Waals surface area contributed by atoms with Crippen LogP contribution in [0.5, 0.6) is 0 Å². The number of benzene rings is 1. The molecule has 2 aliphatic carbocycles. The Morgan fingerprint density at radius 1 is 0.806 bits per heavy atom. The second-order valence-corrected chi connectivity index (χ2v) is 6.90. The van der Waals surface area contributed by atoms with E-state index in [9.17, 15) is 20.2 Å². The van der Waals surface area contributed by atoms with Crippen LogP contribution in [0.1, 0.15) is 22.3 Å². The Balaban J connectivity index is 2.02. The van der Waals surface area contributed by atoms with Gasteiger partial charge in [-0.25, -0.2) is 4.39 Å². The minimum Gasteiger partial charge on any atom is -0.254 e. The van der Waals surface area contributed by atoms with Crippen LogP contribution in [0.25, 0.3) is 28.1 Å². The zero-order chi connectivity index (χ0) is 21.5. The van der Waals surface area contributed by atoms with Crippen molar-refractivity contribution in [1.29, 1.82) is 15.8 Å². The summed E-state index contributed by atoms with van der Waals surface area (Å²) < 4.78 is 14.2. The van der Waals surface area contributed by atoms with Crippen molar-refractivity contribution in [3.05, 3.63) is 100 Å². The number of rotatable bonds is 0. The molecule has 0 radical (unpaired) electrons. The molecule has 0 saturated heterocycles. The first-order valence-corrected chi connectivity index (χ1v) is 9.30. The van der Waals surface area contributed by atoms with E-state index in [1.165, 1.54) is 18.2 Å². The zero-order valence-corrected chi connectivity index (χ0v) is 15.9. The summed E-state index contributed by atoms with van der Waals surface area (Å²) in [5, 5.41) is 28.9. The van der Waals surface area contributed by atoms with E-state index in [-0.39, 0.29) is 5.57 Å². The molecule has 0 amide bonds. The third-order valence-corrected chi connectivity index (χ3v) is 5.37. The van der Waals surface area contributed by atoms with Gasteiger partial charge in [-0.05, 0) is 35.4 Å². The van der Waals surface area contributed by atoms with Crippen LogP contribution in [0.4, 0.5) is 4.39 Å². The maximum absolute atomic E-state index is 14.2. The average molecular weight is 399 g/mol. The highest BCUT2D eigenvalue weighted by atomic mass is 19.1. The average Bonchev–Trinajstić information content (AvgIpc) is 3.28. The van der Waals surface area contributed by atoms with Crippen molar-refractivity contribution in [1.82, 2.24) is 9.97 Å². The highest BCUT2D eigenvalue weighted by Crippen LogP contribution is 2.54. The van der Waals surface area contributed by atoms with Crippen molar-refractivity contribution >= 4 is 16.7 Å². The number of nitriles is 3. The quantitative estimate of drug-likeness (QED) is 0.395. The molecule has 0 fully saturated rings. The van der Waals surface area contributed by atoms with Crippen molar-refractivity contribution in [3.63, 3.8) is 0 Å². The molecule has 2 aromatic heterocycles. The lowest BCUT2D eigenvalue weighted by molar-refractivity contribution is 0.627. The summed E-state index contributed by atoms with van der Waals surface area (Å²) in [6.07, 6.45) is 4.70. The third-order valence-electron chi connectivity index (χ3n) is 5.37. The number of pyridine rings is 2. The topological polar surface area (TPSA) is 97.2 Å². The van der Waals surface area contributed by atoms with Gasteiger partial charge in [0.15, 0.2) is 0 Å². The number of aromatic nitrogens is 2. The Kier molecular flexibility index (Phi) is 4.04. The van der Waals surface area contributed by atoms with E-state index >= 15 is 0 Å². The van der Waals surface area contributed by atoms with Crippen LogP contribution in [0, 0.1) is 39.8 Å². The summed E-state index contributed by atoms with van der Waals surface area (Å²) in [6.45, 7) is 0. The van der Waals surface area contributed by atoms with Crippen molar-refractivity contribution < 1.29 is 4.39 Å². The number of halogens is 1. The standard InChI is InChI=1S/C25H10FN5/c26-15-5-6-16-17(7-8-27)23(21(20(16)11-15)14(12-28)13-29)22-18-3-1-9-30-24(18)25-19(22)4-2-10-31-25/h1-7,9-11H/b17-7+. The lowest BCUT2D eigenvalue weighted by Crippen LogP contribution is -1.94. The molecule has 0 bridgehead atoms. The molecule has 0 atom stereocenters. The fraction of sp³-hybridized carbons (Fsp3) is 0. The maximum Gasteiger partial charge on any atom is 0.138 e. The first-order chi connectivity index (χ1) is 15.2. The Morgan fingerprint density at radius 3 is 2.03 bits per heavy atom. The summed E-state index contributed by atoms with van der Waals surface area (Å²) in [5.74, 6) is -0.496. The van der Waals surface area contributed by atoms with Crippen molar-refractivity contribution in [2.24, 2.45) is 0 Å². The lowest BCUT2D eigenvalue weighted by atomic mass is 9.89. The van der Waals surface area contributed by atoms with Crippen molar-refractivity contribution in [3.8, 4) is 29.6 Å². The summed E-state index contributed by atoms with van der Waals surface area (Å²) in [7, 11) is 0. The first kappa shape index (κ1) is 18.2. The van der Waals surface area contributed by atoms with E-state index in [1.807, 2.05) is 24.3 Å². The fourth-order valence-corrected chi connectivity index (χ4v) is 4.24. The van der Waals surface area contributed by atoms with Crippen LogP contribution in [0.3, 0.4) is 0 Å². The molecule has 0 spiro atoms. The SMILES string of the molecule is N#C/C=C1/C(=C2c3cccnc3-c3ncccc32)C(=C(C#N)C#N)c2cc(F)ccc21. The van der Waals surface area contributed by atoms with Crippen LogP contribution in [-0.4, -0.2) is 9.97 Å². The van der Waals surface area contributed by atoms with Gasteiger partial charge in [-0.2, -0.15) is 15.8 Å². The van der Waals surface area contributed by atoms with Gasteiger partial charge in [0.2, 0.25) is 0 Å². The number of fused-ring (bicyclic) bond motifs is 4. The van der Waals surface area contributed by atoms with Gasteiger partial charge < -0.3 is 0 Å². The predicted octanol–water partition coefficient (Wildman–Crippen LogP) is 4.82. The first-order valence-electron chi connectivity index (χ1n) is 9.30. The largest absolute Gasteiger partial charge is 0.254 e. The second kappa shape index (κ2) is 6.88. The van der Waals surface area contributed by atoms with E-state index in [1.54, 1.807) is 30.6 Å². The van der Waals surface area contributed by atoms with Crippen LogP contribution < -0.4 is 0 Å². The van der Waals surface area contributed by atoms with E-state index in [4.69, 9.17) is 0 Å². The van der Waals surface area contributed by atoms with E-state index in [0.29, 0.717) is 44.8 Å². The minimum atomic E-state index is -0.496. The van der Waals surface area contributed by atoms with Gasteiger partial charge in [0.1, 0.15) is 23.5 Å². The van der Waals surface area contributed by atoms with E-state index < -0.39 is 5.82 Å². The maximum atomic E-state index is 14.2. The van der Waals surface area contributed by atoms with Crippen LogP contribution in [0.2, 0.25) is 0 Å². The molecule has 2 aliphatic rings. The Labute approximate surface area is 177 Å².